The zero-order chi connectivity index (χ0) is 13.8. The molecule has 3 nitrogen and oxygen atoms in total. The third-order valence-electron chi connectivity index (χ3n) is 2.49. The maximum Gasteiger partial charge on any atom is 0.154 e. The third kappa shape index (κ3) is 3.22. The van der Waals surface area contributed by atoms with Gasteiger partial charge in [-0.15, -0.1) is 0 Å². The number of aliphatic imine (C=N–C) groups is 1. The molecule has 0 aliphatic rings. The Morgan fingerprint density at radius 1 is 0.842 bits per heavy atom. The van der Waals surface area contributed by atoms with Crippen molar-refractivity contribution in [2.45, 2.75) is 0 Å². The van der Waals surface area contributed by atoms with E-state index in [9.17, 15) is 8.78 Å². The lowest BCUT2D eigenvalue weighted by atomic mass is 10.2. The van der Waals surface area contributed by atoms with Gasteiger partial charge in [0.1, 0.15) is 17.5 Å². The summed E-state index contributed by atoms with van der Waals surface area (Å²) in [4.78, 5) is 3.91. The van der Waals surface area contributed by atoms with E-state index in [1.807, 2.05) is 0 Å². The highest BCUT2D eigenvalue weighted by Gasteiger charge is 2.03. The van der Waals surface area contributed by atoms with E-state index in [2.05, 4.69) is 4.99 Å². The van der Waals surface area contributed by atoms with Crippen molar-refractivity contribution in [1.82, 2.24) is 0 Å². The summed E-state index contributed by atoms with van der Waals surface area (Å²) in [6.45, 7) is 0. The maximum atomic E-state index is 12.8. The highest BCUT2D eigenvalue weighted by Crippen LogP contribution is 2.06. The van der Waals surface area contributed by atoms with Crippen molar-refractivity contribution in [1.29, 1.82) is 5.41 Å². The van der Waals surface area contributed by atoms with Crippen LogP contribution in [0.15, 0.2) is 53.5 Å². The van der Waals surface area contributed by atoms with Crippen molar-refractivity contribution < 1.29 is 8.78 Å². The van der Waals surface area contributed by atoms with Gasteiger partial charge in [-0.3, -0.25) is 5.41 Å². The number of nitrogens with one attached hydrogen (secondary N) is 1. The smallest absolute Gasteiger partial charge is 0.154 e. The van der Waals surface area contributed by atoms with Crippen LogP contribution in [0.2, 0.25) is 0 Å². The molecule has 2 aromatic carbocycles. The molecule has 0 aromatic heterocycles. The van der Waals surface area contributed by atoms with E-state index < -0.39 is 0 Å². The normalized spacial score (nSPS) is 11.4. The fourth-order valence-corrected chi connectivity index (χ4v) is 1.48. The van der Waals surface area contributed by atoms with E-state index in [-0.39, 0.29) is 23.3 Å². The Morgan fingerprint density at radius 2 is 1.26 bits per heavy atom. The number of halogens is 2. The summed E-state index contributed by atoms with van der Waals surface area (Å²) in [5.41, 5.74) is 6.70. The first-order chi connectivity index (χ1) is 9.06. The molecule has 0 aliphatic heterocycles. The van der Waals surface area contributed by atoms with Gasteiger partial charge in [0.15, 0.2) is 5.84 Å². The van der Waals surface area contributed by atoms with Gasteiger partial charge in [-0.2, -0.15) is 0 Å². The van der Waals surface area contributed by atoms with Crippen LogP contribution in [0.3, 0.4) is 0 Å². The SMILES string of the molecule is N=C(/N=C(\N)c1ccc(F)cc1)c1ccc(F)cc1. The molecule has 19 heavy (non-hydrogen) atoms. The summed E-state index contributed by atoms with van der Waals surface area (Å²) in [5, 5.41) is 7.76. The van der Waals surface area contributed by atoms with Crippen molar-refractivity contribution in [2.24, 2.45) is 10.7 Å². The first-order valence-electron chi connectivity index (χ1n) is 5.51. The van der Waals surface area contributed by atoms with Gasteiger partial charge >= 0.3 is 0 Å². The molecular formula is C14H11F2N3. The molecule has 3 N–H and O–H groups in total. The lowest BCUT2D eigenvalue weighted by Gasteiger charge is -2.02. The lowest BCUT2D eigenvalue weighted by Crippen LogP contribution is -2.15. The number of amidine groups is 2. The number of rotatable bonds is 2. The van der Waals surface area contributed by atoms with E-state index in [1.165, 1.54) is 48.5 Å². The molecule has 0 heterocycles. The topological polar surface area (TPSA) is 62.2 Å². The van der Waals surface area contributed by atoms with Gasteiger partial charge in [-0.05, 0) is 48.5 Å². The molecule has 0 radical (unpaired) electrons. The molecule has 0 aliphatic carbocycles. The van der Waals surface area contributed by atoms with Crippen molar-refractivity contribution in [3.05, 3.63) is 71.3 Å². The quantitative estimate of drug-likeness (QED) is 0.632. The molecule has 2 aromatic rings. The van der Waals surface area contributed by atoms with Gasteiger partial charge in [-0.25, -0.2) is 13.8 Å². The predicted octanol–water partition coefficient (Wildman–Crippen LogP) is 2.70. The van der Waals surface area contributed by atoms with E-state index in [0.29, 0.717) is 11.1 Å². The zero-order valence-corrected chi connectivity index (χ0v) is 9.90. The number of hydrogen-bond acceptors (Lipinski definition) is 1. The molecule has 0 fully saturated rings. The van der Waals surface area contributed by atoms with Gasteiger partial charge in [0, 0.05) is 11.1 Å². The van der Waals surface area contributed by atoms with Crippen LogP contribution >= 0.6 is 0 Å². The van der Waals surface area contributed by atoms with Crippen molar-refractivity contribution in [2.75, 3.05) is 0 Å². The Morgan fingerprint density at radius 3 is 1.74 bits per heavy atom. The van der Waals surface area contributed by atoms with E-state index in [4.69, 9.17) is 11.1 Å². The minimum Gasteiger partial charge on any atom is -0.383 e. The second-order valence-corrected chi connectivity index (χ2v) is 3.86. The lowest BCUT2D eigenvalue weighted by molar-refractivity contribution is 0.627. The van der Waals surface area contributed by atoms with Gasteiger partial charge in [0.25, 0.3) is 0 Å². The van der Waals surface area contributed by atoms with Crippen LogP contribution in [0.25, 0.3) is 0 Å². The molecule has 0 bridgehead atoms. The molecule has 0 saturated heterocycles. The van der Waals surface area contributed by atoms with Crippen LogP contribution in [0, 0.1) is 17.0 Å². The van der Waals surface area contributed by atoms with Gasteiger partial charge < -0.3 is 5.73 Å². The molecular weight excluding hydrogens is 248 g/mol. The van der Waals surface area contributed by atoms with Crippen LogP contribution in [0.4, 0.5) is 8.78 Å². The number of benzene rings is 2. The Bertz CT molecular complexity index is 616. The average Bonchev–Trinajstić information content (AvgIpc) is 2.40. The number of nitrogens with two attached hydrogens (primary N) is 1. The van der Waals surface area contributed by atoms with Crippen LogP contribution in [0.1, 0.15) is 11.1 Å². The summed E-state index contributed by atoms with van der Waals surface area (Å²) >= 11 is 0. The Hall–Kier alpha value is -2.56. The van der Waals surface area contributed by atoms with Crippen LogP contribution in [-0.4, -0.2) is 11.7 Å². The molecule has 5 heteroatoms. The fraction of sp³-hybridized carbons (Fsp3) is 0. The van der Waals surface area contributed by atoms with E-state index in [1.54, 1.807) is 0 Å². The number of hydrogen-bond donors (Lipinski definition) is 2. The highest BCUT2D eigenvalue weighted by molar-refractivity contribution is 6.09. The third-order valence-corrected chi connectivity index (χ3v) is 2.49. The molecule has 0 unspecified atom stereocenters. The fourth-order valence-electron chi connectivity index (χ4n) is 1.48. The van der Waals surface area contributed by atoms with Gasteiger partial charge in [0.2, 0.25) is 0 Å². The minimum absolute atomic E-state index is 0.0816. The van der Waals surface area contributed by atoms with Crippen LogP contribution in [0.5, 0.6) is 0 Å². The Kier molecular flexibility index (Phi) is 3.66. The Labute approximate surface area is 108 Å². The first-order valence-corrected chi connectivity index (χ1v) is 5.51. The molecule has 96 valence electrons. The van der Waals surface area contributed by atoms with Gasteiger partial charge in [0.05, 0.1) is 0 Å². The van der Waals surface area contributed by atoms with Crippen LogP contribution < -0.4 is 5.73 Å². The van der Waals surface area contributed by atoms with Gasteiger partial charge in [-0.1, -0.05) is 0 Å². The largest absolute Gasteiger partial charge is 0.383 e. The molecule has 0 saturated carbocycles. The first kappa shape index (κ1) is 12.9. The monoisotopic (exact) mass is 259 g/mol. The van der Waals surface area contributed by atoms with Crippen molar-refractivity contribution >= 4 is 11.7 Å². The van der Waals surface area contributed by atoms with Crippen LogP contribution in [-0.2, 0) is 0 Å². The molecule has 0 atom stereocenters. The summed E-state index contributed by atoms with van der Waals surface area (Å²) < 4.78 is 25.5. The second kappa shape index (κ2) is 5.39. The minimum atomic E-state index is -0.382. The summed E-state index contributed by atoms with van der Waals surface area (Å²) in [7, 11) is 0. The Balaban J connectivity index is 2.22. The average molecular weight is 259 g/mol. The maximum absolute atomic E-state index is 12.8. The standard InChI is InChI=1S/C14H11F2N3/c15-11-5-1-9(2-6-11)13(17)19-14(18)10-3-7-12(16)8-4-10/h1-8H,(H3,17,18,19). The van der Waals surface area contributed by atoms with Crippen molar-refractivity contribution in [3.8, 4) is 0 Å². The molecule has 0 amide bonds. The summed E-state index contributed by atoms with van der Waals surface area (Å²) in [5.74, 6) is -0.728. The second-order valence-electron chi connectivity index (χ2n) is 3.86. The summed E-state index contributed by atoms with van der Waals surface area (Å²) in [6, 6.07) is 10.9. The predicted molar refractivity (Wildman–Crippen MR) is 70.4 cm³/mol. The summed E-state index contributed by atoms with van der Waals surface area (Å²) in [6.07, 6.45) is 0. The molecule has 0 spiro atoms. The molecule has 2 rings (SSSR count). The van der Waals surface area contributed by atoms with E-state index >= 15 is 0 Å². The number of nitrogens with zero attached hydrogens (tertiary/aromatic N) is 1. The van der Waals surface area contributed by atoms with E-state index in [0.717, 1.165) is 0 Å². The van der Waals surface area contributed by atoms with Crippen molar-refractivity contribution in [3.63, 3.8) is 0 Å². The zero-order valence-electron chi connectivity index (χ0n) is 9.90. The highest BCUT2D eigenvalue weighted by atomic mass is 19.1.